The van der Waals surface area contributed by atoms with Gasteiger partial charge < -0.3 is 18.8 Å². The molecule has 0 bridgehead atoms. The summed E-state index contributed by atoms with van der Waals surface area (Å²) in [4.78, 5) is 22.7. The molecular weight excluding hydrogens is 456 g/mol. The van der Waals surface area contributed by atoms with Gasteiger partial charge in [-0.25, -0.2) is 9.97 Å². The largest absolute Gasteiger partial charge is 0.497 e. The molecule has 5 aromatic rings. The number of hydrogen-bond donors (Lipinski definition) is 0. The molecule has 0 radical (unpaired) electrons. The lowest BCUT2D eigenvalue weighted by Crippen LogP contribution is -2.14. The Labute approximate surface area is 209 Å². The quantitative estimate of drug-likeness (QED) is 0.279. The van der Waals surface area contributed by atoms with Gasteiger partial charge in [0.1, 0.15) is 28.4 Å². The zero-order valence-electron chi connectivity index (χ0n) is 21.4. The van der Waals surface area contributed by atoms with Crippen LogP contribution in [0.15, 0.2) is 48.7 Å². The molecule has 0 spiro atoms. The summed E-state index contributed by atoms with van der Waals surface area (Å²) in [6.07, 6.45) is 1.84. The van der Waals surface area contributed by atoms with Gasteiger partial charge in [0, 0.05) is 23.7 Å². The number of methoxy groups -OCH3 is 2. The van der Waals surface area contributed by atoms with E-state index in [-0.39, 0.29) is 17.8 Å². The predicted molar refractivity (Wildman–Crippen MR) is 139 cm³/mol. The summed E-state index contributed by atoms with van der Waals surface area (Å²) < 4.78 is 21.0. The van der Waals surface area contributed by atoms with Crippen molar-refractivity contribution in [2.75, 3.05) is 14.2 Å². The van der Waals surface area contributed by atoms with Crippen LogP contribution < -0.4 is 14.2 Å². The molecule has 186 valence electrons. The number of carbonyl (C=O) groups excluding carboxylic acids is 1. The van der Waals surface area contributed by atoms with Crippen LogP contribution in [0, 0.1) is 5.92 Å². The van der Waals surface area contributed by atoms with E-state index in [2.05, 4.69) is 18.2 Å². The molecule has 3 aromatic heterocycles. The van der Waals surface area contributed by atoms with Gasteiger partial charge >= 0.3 is 5.97 Å². The summed E-state index contributed by atoms with van der Waals surface area (Å²) in [5, 5.41) is 0.706. The second kappa shape index (κ2) is 9.18. The molecule has 0 amide bonds. The highest BCUT2D eigenvalue weighted by Gasteiger charge is 2.24. The number of fused-ring (bicyclic) bond motifs is 5. The van der Waals surface area contributed by atoms with E-state index in [1.807, 2.05) is 67.1 Å². The minimum atomic E-state index is -0.307. The first-order chi connectivity index (χ1) is 17.3. The number of benzene rings is 2. The fourth-order valence-corrected chi connectivity index (χ4v) is 4.41. The van der Waals surface area contributed by atoms with E-state index in [9.17, 15) is 4.79 Å². The van der Waals surface area contributed by atoms with E-state index in [4.69, 9.17) is 24.2 Å². The number of ether oxygens (including phenoxy) is 3. The zero-order chi connectivity index (χ0) is 25.6. The van der Waals surface area contributed by atoms with Gasteiger partial charge in [-0.2, -0.15) is 0 Å². The van der Waals surface area contributed by atoms with E-state index >= 15 is 0 Å². The third-order valence-corrected chi connectivity index (χ3v) is 6.28. The average molecular weight is 487 g/mol. The first-order valence-corrected chi connectivity index (χ1v) is 12.0. The number of hydrogen-bond acceptors (Lipinski definition) is 6. The highest BCUT2D eigenvalue weighted by molar-refractivity contribution is 6.01. The Kier molecular flexibility index (Phi) is 6.04. The molecule has 36 heavy (non-hydrogen) atoms. The molecule has 0 N–H and O–H groups in total. The number of esters is 1. The topological polar surface area (TPSA) is 79.9 Å². The normalized spacial score (nSPS) is 11.8. The lowest BCUT2D eigenvalue weighted by Gasteiger charge is -2.13. The lowest BCUT2D eigenvalue weighted by atomic mass is 10.2. The van der Waals surface area contributed by atoms with E-state index in [0.717, 1.165) is 28.1 Å². The highest BCUT2D eigenvalue weighted by atomic mass is 16.5. The van der Waals surface area contributed by atoms with Crippen LogP contribution in [-0.4, -0.2) is 39.1 Å². The van der Waals surface area contributed by atoms with Gasteiger partial charge in [-0.3, -0.25) is 9.20 Å². The Morgan fingerprint density at radius 3 is 2.42 bits per heavy atom. The molecule has 2 aromatic carbocycles. The fourth-order valence-electron chi connectivity index (χ4n) is 4.41. The summed E-state index contributed by atoms with van der Waals surface area (Å²) >= 11 is 0. The Hall–Kier alpha value is -4.07. The summed E-state index contributed by atoms with van der Waals surface area (Å²) in [6.45, 7) is 8.32. The second-order valence-corrected chi connectivity index (χ2v) is 9.46. The van der Waals surface area contributed by atoms with Crippen LogP contribution in [0.25, 0.3) is 27.7 Å². The summed E-state index contributed by atoms with van der Waals surface area (Å²) in [5.41, 5.74) is 4.19. The van der Waals surface area contributed by atoms with Crippen LogP contribution in [0.4, 0.5) is 0 Å². The van der Waals surface area contributed by atoms with E-state index in [0.29, 0.717) is 34.8 Å². The monoisotopic (exact) mass is 486 g/mol. The summed E-state index contributed by atoms with van der Waals surface area (Å²) in [7, 11) is 3.26. The predicted octanol–water partition coefficient (Wildman–Crippen LogP) is 5.59. The number of aromatic nitrogens is 4. The van der Waals surface area contributed by atoms with Gasteiger partial charge in [-0.05, 0) is 24.3 Å². The van der Waals surface area contributed by atoms with Crippen LogP contribution in [0.5, 0.6) is 17.2 Å². The smallest absolute Gasteiger partial charge is 0.313 e. The third-order valence-electron chi connectivity index (χ3n) is 6.28. The third kappa shape index (κ3) is 3.92. The molecule has 0 aliphatic rings. The van der Waals surface area contributed by atoms with Gasteiger partial charge in [0.2, 0.25) is 0 Å². The Morgan fingerprint density at radius 1 is 0.944 bits per heavy atom. The van der Waals surface area contributed by atoms with Crippen molar-refractivity contribution in [2.45, 2.75) is 40.2 Å². The molecule has 8 nitrogen and oxygen atoms in total. The van der Waals surface area contributed by atoms with E-state index < -0.39 is 0 Å². The summed E-state index contributed by atoms with van der Waals surface area (Å²) in [5.74, 6) is 2.29. The first-order valence-electron chi connectivity index (χ1n) is 12.0. The van der Waals surface area contributed by atoms with Gasteiger partial charge in [-0.1, -0.05) is 39.8 Å². The van der Waals surface area contributed by atoms with Crippen molar-refractivity contribution in [3.05, 3.63) is 60.0 Å². The molecule has 0 saturated carbocycles. The molecule has 0 saturated heterocycles. The Bertz CT molecular complexity index is 1600. The zero-order valence-corrected chi connectivity index (χ0v) is 21.4. The van der Waals surface area contributed by atoms with Crippen LogP contribution in [0.3, 0.4) is 0 Å². The molecule has 0 aliphatic carbocycles. The van der Waals surface area contributed by atoms with Crippen molar-refractivity contribution >= 4 is 33.7 Å². The van der Waals surface area contributed by atoms with Gasteiger partial charge in [0.15, 0.2) is 11.4 Å². The van der Waals surface area contributed by atoms with Crippen LogP contribution in [0.1, 0.15) is 45.0 Å². The molecule has 0 unspecified atom stereocenters. The maximum atomic E-state index is 12.7. The Balaban J connectivity index is 1.80. The standard InChI is InChI=1S/C28H30N4O4/c1-16(2)25-30-26-24(27-29-20-9-7-8-10-21(20)32(25)27)23(36-28(33)17(3)4)15-31(26)14-18-11-12-19(34-5)13-22(18)35-6/h7-13,15-17H,14H2,1-6H3. The lowest BCUT2D eigenvalue weighted by molar-refractivity contribution is -0.137. The van der Waals surface area contributed by atoms with Crippen LogP contribution >= 0.6 is 0 Å². The molecule has 8 heteroatoms. The van der Waals surface area contributed by atoms with Gasteiger partial charge in [-0.15, -0.1) is 0 Å². The van der Waals surface area contributed by atoms with E-state index in [1.54, 1.807) is 14.2 Å². The number of nitrogens with zero attached hydrogens (tertiary/aromatic N) is 4. The Morgan fingerprint density at radius 2 is 1.72 bits per heavy atom. The minimum absolute atomic E-state index is 0.134. The van der Waals surface area contributed by atoms with Crippen LogP contribution in [0.2, 0.25) is 0 Å². The van der Waals surface area contributed by atoms with Crippen molar-refractivity contribution in [3.8, 4) is 17.2 Å². The van der Waals surface area contributed by atoms with Crippen molar-refractivity contribution < 1.29 is 19.0 Å². The van der Waals surface area contributed by atoms with Crippen molar-refractivity contribution in [2.24, 2.45) is 5.92 Å². The number of carbonyl (C=O) groups is 1. The van der Waals surface area contributed by atoms with Crippen molar-refractivity contribution in [1.29, 1.82) is 0 Å². The fraction of sp³-hybridized carbons (Fsp3) is 0.321. The molecule has 3 heterocycles. The molecular formula is C28H30N4O4. The minimum Gasteiger partial charge on any atom is -0.497 e. The molecule has 5 rings (SSSR count). The van der Waals surface area contributed by atoms with Crippen LogP contribution in [-0.2, 0) is 11.3 Å². The number of imidazole rings is 1. The van der Waals surface area contributed by atoms with Gasteiger partial charge in [0.05, 0.1) is 37.7 Å². The average Bonchev–Trinajstić information content (AvgIpc) is 3.41. The molecule has 0 atom stereocenters. The highest BCUT2D eigenvalue weighted by Crippen LogP contribution is 2.36. The number of para-hydroxylation sites is 2. The number of rotatable bonds is 7. The van der Waals surface area contributed by atoms with Gasteiger partial charge in [0.25, 0.3) is 0 Å². The van der Waals surface area contributed by atoms with Crippen molar-refractivity contribution in [3.63, 3.8) is 0 Å². The van der Waals surface area contributed by atoms with Crippen molar-refractivity contribution in [1.82, 2.24) is 18.9 Å². The van der Waals surface area contributed by atoms with E-state index in [1.165, 1.54) is 0 Å². The molecule has 0 aliphatic heterocycles. The molecule has 0 fully saturated rings. The summed E-state index contributed by atoms with van der Waals surface area (Å²) in [6, 6.07) is 13.7. The maximum Gasteiger partial charge on any atom is 0.313 e. The first kappa shape index (κ1) is 23.7. The SMILES string of the molecule is COc1ccc(Cn2cc(OC(=O)C(C)C)c3c2nc(C(C)C)n2c4ccccc4nc32)c(OC)c1. The maximum absolute atomic E-state index is 12.7. The second-order valence-electron chi connectivity index (χ2n) is 9.46.